The number of hydrogen-bond acceptors (Lipinski definition) is 4. The number of carbonyl (C=O) groups excluding carboxylic acids is 1. The second-order valence-electron chi connectivity index (χ2n) is 8.60. The number of thioether (sulfide) groups is 1. The molecule has 2 unspecified atom stereocenters. The molecule has 148 valence electrons. The molecule has 0 aromatic carbocycles. The summed E-state index contributed by atoms with van der Waals surface area (Å²) in [5.74, 6) is 2.90. The van der Waals surface area contributed by atoms with Crippen LogP contribution in [0.25, 0.3) is 0 Å². The Labute approximate surface area is 171 Å². The molecule has 1 amide bonds. The zero-order chi connectivity index (χ0) is 19.2. The van der Waals surface area contributed by atoms with E-state index in [0.717, 1.165) is 36.0 Å². The smallest absolute Gasteiger partial charge is 0.256 e. The van der Waals surface area contributed by atoms with Crippen LogP contribution < -0.4 is 0 Å². The predicted octanol–water partition coefficient (Wildman–Crippen LogP) is 4.90. The maximum atomic E-state index is 13.4. The lowest BCUT2D eigenvalue weighted by atomic mass is 9.52. The van der Waals surface area contributed by atoms with Crippen molar-refractivity contribution in [1.29, 1.82) is 0 Å². The summed E-state index contributed by atoms with van der Waals surface area (Å²) < 4.78 is 5.97. The third kappa shape index (κ3) is 3.51. The average molecular weight is 409 g/mol. The van der Waals surface area contributed by atoms with Gasteiger partial charge >= 0.3 is 0 Å². The van der Waals surface area contributed by atoms with Crippen LogP contribution >= 0.6 is 23.4 Å². The van der Waals surface area contributed by atoms with E-state index in [4.69, 9.17) is 16.3 Å². The highest BCUT2D eigenvalue weighted by molar-refractivity contribution is 7.99. The Morgan fingerprint density at radius 1 is 1.33 bits per heavy atom. The summed E-state index contributed by atoms with van der Waals surface area (Å²) in [6.45, 7) is 2.13. The van der Waals surface area contributed by atoms with Gasteiger partial charge in [0.25, 0.3) is 5.91 Å². The van der Waals surface area contributed by atoms with E-state index in [1.165, 1.54) is 19.3 Å². The zero-order valence-electron chi connectivity index (χ0n) is 16.4. The van der Waals surface area contributed by atoms with E-state index in [2.05, 4.69) is 11.9 Å². The minimum Gasteiger partial charge on any atom is -0.378 e. The van der Waals surface area contributed by atoms with E-state index in [1.54, 1.807) is 17.8 Å². The summed E-state index contributed by atoms with van der Waals surface area (Å²) in [6.07, 6.45) is 6.90. The number of pyridine rings is 1. The van der Waals surface area contributed by atoms with Gasteiger partial charge in [-0.1, -0.05) is 18.5 Å². The third-order valence-corrected chi connectivity index (χ3v) is 8.27. The number of rotatable bonds is 6. The van der Waals surface area contributed by atoms with Gasteiger partial charge < -0.3 is 9.64 Å². The number of amides is 1. The van der Waals surface area contributed by atoms with Crippen molar-refractivity contribution in [1.82, 2.24) is 9.88 Å². The topological polar surface area (TPSA) is 42.4 Å². The second-order valence-corrected chi connectivity index (χ2v) is 10.1. The summed E-state index contributed by atoms with van der Waals surface area (Å²) in [5, 5.41) is 1.21. The first kappa shape index (κ1) is 19.5. The van der Waals surface area contributed by atoms with Gasteiger partial charge in [0.2, 0.25) is 0 Å². The Morgan fingerprint density at radius 2 is 2.04 bits per heavy atom. The molecule has 0 saturated heterocycles. The Morgan fingerprint density at radius 3 is 2.67 bits per heavy atom. The largest absolute Gasteiger partial charge is 0.378 e. The molecular formula is C21H29ClN2O2S. The average Bonchev–Trinajstić information content (AvgIpc) is 2.65. The molecule has 1 heterocycles. The summed E-state index contributed by atoms with van der Waals surface area (Å²) >= 11 is 7.72. The lowest BCUT2D eigenvalue weighted by Crippen LogP contribution is -2.62. The number of methoxy groups -OCH3 is 1. The van der Waals surface area contributed by atoms with Crippen LogP contribution in [-0.4, -0.2) is 47.3 Å². The molecule has 5 rings (SSSR count). The van der Waals surface area contributed by atoms with Crippen molar-refractivity contribution in [3.8, 4) is 0 Å². The zero-order valence-corrected chi connectivity index (χ0v) is 18.0. The number of nitrogens with zero attached hydrogens (tertiary/aromatic N) is 2. The molecular weight excluding hydrogens is 380 g/mol. The molecule has 0 aliphatic heterocycles. The van der Waals surface area contributed by atoms with Crippen molar-refractivity contribution in [3.63, 3.8) is 0 Å². The van der Waals surface area contributed by atoms with Crippen LogP contribution in [0.4, 0.5) is 0 Å². The maximum absolute atomic E-state index is 13.4. The van der Waals surface area contributed by atoms with Crippen molar-refractivity contribution in [2.45, 2.75) is 62.1 Å². The molecule has 4 fully saturated rings. The molecule has 4 nitrogen and oxygen atoms in total. The Bertz CT molecular complexity index is 712. The minimum absolute atomic E-state index is 0.0703. The van der Waals surface area contributed by atoms with E-state index >= 15 is 0 Å². The van der Waals surface area contributed by atoms with Crippen LogP contribution in [0, 0.1) is 17.8 Å². The van der Waals surface area contributed by atoms with Gasteiger partial charge in [0.1, 0.15) is 10.2 Å². The van der Waals surface area contributed by atoms with Crippen LogP contribution in [0.15, 0.2) is 17.2 Å². The van der Waals surface area contributed by atoms with Gasteiger partial charge in [-0.2, -0.15) is 0 Å². The molecule has 1 aromatic heterocycles. The predicted molar refractivity (Wildman–Crippen MR) is 109 cm³/mol. The number of ether oxygens (including phenoxy) is 1. The van der Waals surface area contributed by atoms with E-state index < -0.39 is 0 Å². The minimum atomic E-state index is 0.0703. The Hall–Kier alpha value is -0.780. The van der Waals surface area contributed by atoms with Crippen LogP contribution in [0.3, 0.4) is 0 Å². The highest BCUT2D eigenvalue weighted by atomic mass is 35.5. The first-order chi connectivity index (χ1) is 13.0. The number of aromatic nitrogens is 1. The van der Waals surface area contributed by atoms with Gasteiger partial charge in [-0.15, -0.1) is 11.8 Å². The molecule has 0 radical (unpaired) electrons. The fraction of sp³-hybridized carbons (Fsp3) is 0.714. The first-order valence-corrected chi connectivity index (χ1v) is 11.4. The molecule has 0 spiro atoms. The van der Waals surface area contributed by atoms with Gasteiger partial charge in [0.05, 0.1) is 11.2 Å². The fourth-order valence-corrected chi connectivity index (χ4v) is 7.09. The summed E-state index contributed by atoms with van der Waals surface area (Å²) in [4.78, 5) is 19.9. The Balaban J connectivity index is 1.57. The highest BCUT2D eigenvalue weighted by Crippen LogP contribution is 2.58. The van der Waals surface area contributed by atoms with Gasteiger partial charge in [-0.05, 0) is 74.2 Å². The lowest BCUT2D eigenvalue weighted by molar-refractivity contribution is -0.168. The summed E-state index contributed by atoms with van der Waals surface area (Å²) in [6, 6.07) is 3.89. The quantitative estimate of drug-likeness (QED) is 0.495. The normalized spacial score (nSPS) is 34.1. The fourth-order valence-electron chi connectivity index (χ4n) is 6.02. The molecule has 4 saturated carbocycles. The molecule has 0 N–H and O–H groups in total. The lowest BCUT2D eigenvalue weighted by Gasteiger charge is -2.60. The van der Waals surface area contributed by atoms with Crippen molar-refractivity contribution < 1.29 is 9.53 Å². The van der Waals surface area contributed by atoms with E-state index in [-0.39, 0.29) is 11.5 Å². The monoisotopic (exact) mass is 408 g/mol. The van der Waals surface area contributed by atoms with E-state index in [9.17, 15) is 4.79 Å². The number of carbonyl (C=O) groups is 1. The Kier molecular flexibility index (Phi) is 5.47. The SMILES string of the molecule is CCCSc1nc(Cl)ccc1C(=O)N(C)[C@H]1C2CC3CC1C[C@](OC)(C3)C2. The second kappa shape index (κ2) is 7.57. The molecule has 6 heteroatoms. The van der Waals surface area contributed by atoms with Gasteiger partial charge in [0.15, 0.2) is 0 Å². The standard InChI is InChI=1S/C21H29ClN2O2S/c1-4-7-27-19-16(5-6-17(22)23-19)20(25)24(2)18-14-8-13-9-15(18)12-21(10-13,11-14)26-3/h5-6,13-15,18H,4,7-12H2,1-3H3/t13?,14?,15?,18-,21-. The maximum Gasteiger partial charge on any atom is 0.256 e. The summed E-state index contributed by atoms with van der Waals surface area (Å²) in [5.41, 5.74) is 0.761. The van der Waals surface area contributed by atoms with Crippen LogP contribution in [0.1, 0.15) is 55.8 Å². The molecule has 4 bridgehead atoms. The molecule has 4 aliphatic carbocycles. The van der Waals surface area contributed by atoms with Crippen molar-refractivity contribution in [3.05, 3.63) is 22.8 Å². The van der Waals surface area contributed by atoms with Crippen molar-refractivity contribution >= 4 is 29.3 Å². The van der Waals surface area contributed by atoms with Gasteiger partial charge in [-0.3, -0.25) is 4.79 Å². The van der Waals surface area contributed by atoms with E-state index in [1.807, 2.05) is 25.1 Å². The molecule has 4 aliphatic rings. The van der Waals surface area contributed by atoms with Crippen LogP contribution in [-0.2, 0) is 4.74 Å². The first-order valence-electron chi connectivity index (χ1n) is 10.1. The molecule has 27 heavy (non-hydrogen) atoms. The highest BCUT2D eigenvalue weighted by Gasteiger charge is 2.57. The van der Waals surface area contributed by atoms with Crippen LogP contribution in [0.5, 0.6) is 0 Å². The third-order valence-electron chi connectivity index (χ3n) is 6.87. The van der Waals surface area contributed by atoms with Crippen molar-refractivity contribution in [2.75, 3.05) is 19.9 Å². The van der Waals surface area contributed by atoms with Gasteiger partial charge in [-0.25, -0.2) is 4.98 Å². The molecule has 2 atom stereocenters. The van der Waals surface area contributed by atoms with Crippen molar-refractivity contribution in [2.24, 2.45) is 17.8 Å². The van der Waals surface area contributed by atoms with Crippen LogP contribution in [0.2, 0.25) is 5.15 Å². The molecule has 1 aromatic rings. The number of hydrogen-bond donors (Lipinski definition) is 0. The number of halogens is 1. The van der Waals surface area contributed by atoms with Gasteiger partial charge in [0, 0.05) is 20.2 Å². The summed E-state index contributed by atoms with van der Waals surface area (Å²) in [7, 11) is 3.85. The van der Waals surface area contributed by atoms with E-state index in [0.29, 0.717) is 28.6 Å².